The van der Waals surface area contributed by atoms with Crippen LogP contribution in [0.4, 0.5) is 14.9 Å². The summed E-state index contributed by atoms with van der Waals surface area (Å²) in [6.45, 7) is 0.0528. The van der Waals surface area contributed by atoms with Gasteiger partial charge in [-0.15, -0.1) is 0 Å². The minimum atomic E-state index is -0.894. The number of amides is 2. The van der Waals surface area contributed by atoms with Crippen molar-refractivity contribution in [2.75, 3.05) is 11.9 Å². The van der Waals surface area contributed by atoms with Gasteiger partial charge in [0.05, 0.1) is 5.41 Å². The van der Waals surface area contributed by atoms with Crippen LogP contribution in [-0.2, 0) is 4.79 Å². The molecule has 0 spiro atoms. The van der Waals surface area contributed by atoms with Gasteiger partial charge >= 0.3 is 12.0 Å². The highest BCUT2D eigenvalue weighted by Gasteiger charge is 2.41. The fraction of sp³-hybridized carbons (Fsp3) is 0.429. The molecule has 2 amide bonds. The number of benzene rings is 1. The van der Waals surface area contributed by atoms with E-state index in [0.29, 0.717) is 12.8 Å². The standard InChI is InChI=1S/C14H16ClFN2O3/c15-9-5-10(16)7-11(6-9)18-13(21)17-8-14(12(19)20)3-1-2-4-14/h5-7H,1-4,8H2,(H,19,20)(H2,17,18,21). The van der Waals surface area contributed by atoms with E-state index in [4.69, 9.17) is 11.6 Å². The van der Waals surface area contributed by atoms with E-state index in [0.717, 1.165) is 25.0 Å². The van der Waals surface area contributed by atoms with Gasteiger partial charge in [-0.05, 0) is 31.0 Å². The van der Waals surface area contributed by atoms with Gasteiger partial charge in [-0.2, -0.15) is 0 Å². The largest absolute Gasteiger partial charge is 0.481 e. The van der Waals surface area contributed by atoms with E-state index in [-0.39, 0.29) is 17.3 Å². The number of carboxylic acids is 1. The third-order valence-corrected chi connectivity index (χ3v) is 3.94. The summed E-state index contributed by atoms with van der Waals surface area (Å²) in [5.41, 5.74) is -0.676. The van der Waals surface area contributed by atoms with E-state index in [1.54, 1.807) is 0 Å². The normalized spacial score (nSPS) is 16.5. The molecule has 1 aromatic rings. The van der Waals surface area contributed by atoms with E-state index >= 15 is 0 Å². The average molecular weight is 315 g/mol. The van der Waals surface area contributed by atoms with Crippen LogP contribution < -0.4 is 10.6 Å². The monoisotopic (exact) mass is 314 g/mol. The molecule has 21 heavy (non-hydrogen) atoms. The van der Waals surface area contributed by atoms with Gasteiger partial charge < -0.3 is 15.7 Å². The fourth-order valence-electron chi connectivity index (χ4n) is 2.57. The Morgan fingerprint density at radius 2 is 1.95 bits per heavy atom. The van der Waals surface area contributed by atoms with Crippen LogP contribution in [0, 0.1) is 11.2 Å². The molecule has 3 N–H and O–H groups in total. The summed E-state index contributed by atoms with van der Waals surface area (Å²) in [4.78, 5) is 23.1. The van der Waals surface area contributed by atoms with E-state index < -0.39 is 23.2 Å². The summed E-state index contributed by atoms with van der Waals surface area (Å²) < 4.78 is 13.1. The van der Waals surface area contributed by atoms with Gasteiger partial charge in [-0.3, -0.25) is 4.79 Å². The lowest BCUT2D eigenvalue weighted by Crippen LogP contribution is -2.42. The Morgan fingerprint density at radius 1 is 1.29 bits per heavy atom. The Bertz CT molecular complexity index is 539. The maximum atomic E-state index is 13.1. The van der Waals surface area contributed by atoms with E-state index in [1.807, 2.05) is 0 Å². The van der Waals surface area contributed by atoms with Crippen molar-refractivity contribution in [1.29, 1.82) is 0 Å². The summed E-state index contributed by atoms with van der Waals surface area (Å²) in [5.74, 6) is -1.45. The molecule has 1 aliphatic carbocycles. The molecule has 0 bridgehead atoms. The molecule has 5 nitrogen and oxygen atoms in total. The van der Waals surface area contributed by atoms with Crippen LogP contribution in [0.15, 0.2) is 18.2 Å². The summed E-state index contributed by atoms with van der Waals surface area (Å²) in [6, 6.07) is 3.09. The van der Waals surface area contributed by atoms with Crippen LogP contribution in [0.25, 0.3) is 0 Å². The van der Waals surface area contributed by atoms with Crippen molar-refractivity contribution in [3.05, 3.63) is 29.0 Å². The Balaban J connectivity index is 1.94. The first-order chi connectivity index (χ1) is 9.91. The van der Waals surface area contributed by atoms with Crippen molar-refractivity contribution < 1.29 is 19.1 Å². The number of carbonyl (C=O) groups is 2. The number of aliphatic carboxylic acids is 1. The number of hydrogen-bond donors (Lipinski definition) is 3. The third kappa shape index (κ3) is 3.85. The first kappa shape index (κ1) is 15.6. The Morgan fingerprint density at radius 3 is 2.52 bits per heavy atom. The predicted molar refractivity (Wildman–Crippen MR) is 77.0 cm³/mol. The molecule has 2 rings (SSSR count). The highest BCUT2D eigenvalue weighted by molar-refractivity contribution is 6.30. The molecule has 0 aliphatic heterocycles. The quantitative estimate of drug-likeness (QED) is 0.798. The molecule has 0 aromatic heterocycles. The highest BCUT2D eigenvalue weighted by Crippen LogP contribution is 2.37. The van der Waals surface area contributed by atoms with Gasteiger partial charge in [0.25, 0.3) is 0 Å². The Labute approximate surface area is 126 Å². The summed E-state index contributed by atoms with van der Waals surface area (Å²) >= 11 is 5.69. The number of halogens is 2. The summed E-state index contributed by atoms with van der Waals surface area (Å²) in [6.07, 6.45) is 2.78. The van der Waals surface area contributed by atoms with Crippen LogP contribution >= 0.6 is 11.6 Å². The van der Waals surface area contributed by atoms with Crippen molar-refractivity contribution in [3.63, 3.8) is 0 Å². The molecular formula is C14H16ClFN2O3. The van der Waals surface area contributed by atoms with Crippen LogP contribution in [0.3, 0.4) is 0 Å². The minimum Gasteiger partial charge on any atom is -0.481 e. The first-order valence-corrected chi connectivity index (χ1v) is 7.03. The number of nitrogens with one attached hydrogen (secondary N) is 2. The van der Waals surface area contributed by atoms with Crippen LogP contribution in [0.2, 0.25) is 5.02 Å². The van der Waals surface area contributed by atoms with Gasteiger partial charge in [0.2, 0.25) is 0 Å². The zero-order valence-electron chi connectivity index (χ0n) is 11.3. The fourth-order valence-corrected chi connectivity index (χ4v) is 2.79. The Kier molecular flexibility index (Phi) is 4.67. The molecule has 0 unspecified atom stereocenters. The summed E-state index contributed by atoms with van der Waals surface area (Å²) in [5, 5.41) is 14.4. The van der Waals surface area contributed by atoms with E-state index in [2.05, 4.69) is 10.6 Å². The SMILES string of the molecule is O=C(NCC1(C(=O)O)CCCC1)Nc1cc(F)cc(Cl)c1. The molecule has 1 fully saturated rings. The Hall–Kier alpha value is -1.82. The molecule has 0 atom stereocenters. The molecule has 7 heteroatoms. The second kappa shape index (κ2) is 6.30. The molecule has 0 saturated heterocycles. The minimum absolute atomic E-state index is 0.0528. The molecule has 114 valence electrons. The lowest BCUT2D eigenvalue weighted by molar-refractivity contribution is -0.148. The topological polar surface area (TPSA) is 78.4 Å². The van der Waals surface area contributed by atoms with Crippen LogP contribution in [-0.4, -0.2) is 23.7 Å². The van der Waals surface area contributed by atoms with Gasteiger partial charge in [0.1, 0.15) is 5.82 Å². The van der Waals surface area contributed by atoms with Gasteiger partial charge in [0, 0.05) is 17.3 Å². The number of carbonyl (C=O) groups excluding carboxylic acids is 1. The number of rotatable bonds is 4. The summed E-state index contributed by atoms with van der Waals surface area (Å²) in [7, 11) is 0. The highest BCUT2D eigenvalue weighted by atomic mass is 35.5. The van der Waals surface area contributed by atoms with Crippen molar-refractivity contribution >= 4 is 29.3 Å². The maximum absolute atomic E-state index is 13.1. The van der Waals surface area contributed by atoms with Gasteiger partial charge in [-0.1, -0.05) is 24.4 Å². The maximum Gasteiger partial charge on any atom is 0.319 e. The second-order valence-electron chi connectivity index (χ2n) is 5.26. The van der Waals surface area contributed by atoms with Crippen molar-refractivity contribution in [2.24, 2.45) is 5.41 Å². The molecule has 1 aromatic carbocycles. The lowest BCUT2D eigenvalue weighted by atomic mass is 9.86. The third-order valence-electron chi connectivity index (χ3n) is 3.72. The van der Waals surface area contributed by atoms with Crippen molar-refractivity contribution in [1.82, 2.24) is 5.32 Å². The first-order valence-electron chi connectivity index (χ1n) is 6.66. The van der Waals surface area contributed by atoms with Crippen molar-refractivity contribution in [2.45, 2.75) is 25.7 Å². The molecule has 1 saturated carbocycles. The average Bonchev–Trinajstić information content (AvgIpc) is 2.85. The number of urea groups is 1. The molecular weight excluding hydrogens is 299 g/mol. The van der Waals surface area contributed by atoms with Crippen LogP contribution in [0.1, 0.15) is 25.7 Å². The van der Waals surface area contributed by atoms with Gasteiger partial charge in [0.15, 0.2) is 0 Å². The van der Waals surface area contributed by atoms with Crippen molar-refractivity contribution in [3.8, 4) is 0 Å². The predicted octanol–water partition coefficient (Wildman–Crippen LogP) is 3.25. The number of hydrogen-bond acceptors (Lipinski definition) is 2. The van der Waals surface area contributed by atoms with E-state index in [1.165, 1.54) is 6.07 Å². The smallest absolute Gasteiger partial charge is 0.319 e. The molecule has 0 radical (unpaired) electrons. The van der Waals surface area contributed by atoms with E-state index in [9.17, 15) is 19.1 Å². The second-order valence-corrected chi connectivity index (χ2v) is 5.69. The van der Waals surface area contributed by atoms with Gasteiger partial charge in [-0.25, -0.2) is 9.18 Å². The zero-order valence-corrected chi connectivity index (χ0v) is 12.0. The molecule has 0 heterocycles. The lowest BCUT2D eigenvalue weighted by Gasteiger charge is -2.24. The van der Waals surface area contributed by atoms with Crippen LogP contribution in [0.5, 0.6) is 0 Å². The number of carboxylic acid groups (broad SMARTS) is 1. The molecule has 1 aliphatic rings. The zero-order chi connectivity index (χ0) is 15.5. The number of anilines is 1.